The summed E-state index contributed by atoms with van der Waals surface area (Å²) in [5.74, 6) is -1.45. The van der Waals surface area contributed by atoms with E-state index < -0.39 is 5.97 Å². The van der Waals surface area contributed by atoms with Gasteiger partial charge in [0.05, 0.1) is 13.0 Å². The first kappa shape index (κ1) is 13.9. The maximum Gasteiger partial charge on any atom is 0.355 e. The SMILES string of the molecule is [CH2]CCCCCOC(=O)CCCC([O])=O. The van der Waals surface area contributed by atoms with Gasteiger partial charge in [0.2, 0.25) is 0 Å². The van der Waals surface area contributed by atoms with Gasteiger partial charge >= 0.3 is 11.9 Å². The summed E-state index contributed by atoms with van der Waals surface area (Å²) in [6.07, 6.45) is 4.17. The Balaban J connectivity index is 3.22. The first-order valence-corrected chi connectivity index (χ1v) is 5.31. The van der Waals surface area contributed by atoms with E-state index in [2.05, 4.69) is 6.92 Å². The van der Waals surface area contributed by atoms with Crippen LogP contribution in [0.5, 0.6) is 0 Å². The second kappa shape index (κ2) is 9.49. The normalized spacial score (nSPS) is 9.93. The lowest BCUT2D eigenvalue weighted by Gasteiger charge is -2.03. The Hall–Kier alpha value is -1.06. The minimum Gasteiger partial charge on any atom is -0.466 e. The van der Waals surface area contributed by atoms with Gasteiger partial charge in [0.15, 0.2) is 0 Å². The van der Waals surface area contributed by atoms with E-state index in [1.807, 2.05) is 0 Å². The molecule has 0 aliphatic heterocycles. The Kier molecular flexibility index (Phi) is 8.82. The van der Waals surface area contributed by atoms with Gasteiger partial charge in [0.25, 0.3) is 0 Å². The summed E-state index contributed by atoms with van der Waals surface area (Å²) in [6.45, 7) is 4.13. The van der Waals surface area contributed by atoms with Crippen LogP contribution in [-0.2, 0) is 19.4 Å². The van der Waals surface area contributed by atoms with Crippen molar-refractivity contribution < 1.29 is 19.4 Å². The van der Waals surface area contributed by atoms with Crippen molar-refractivity contribution in [2.24, 2.45) is 0 Å². The molecule has 4 heteroatoms. The van der Waals surface area contributed by atoms with Crippen LogP contribution in [-0.4, -0.2) is 18.5 Å². The smallest absolute Gasteiger partial charge is 0.355 e. The molecule has 0 aromatic carbocycles. The van der Waals surface area contributed by atoms with Gasteiger partial charge in [-0.1, -0.05) is 26.2 Å². The average Bonchev–Trinajstić information content (AvgIpc) is 2.17. The third-order valence-electron chi connectivity index (χ3n) is 1.92. The van der Waals surface area contributed by atoms with Gasteiger partial charge in [-0.3, -0.25) is 4.79 Å². The van der Waals surface area contributed by atoms with E-state index in [0.29, 0.717) is 13.0 Å². The van der Waals surface area contributed by atoms with E-state index in [-0.39, 0.29) is 18.8 Å². The molecule has 0 aliphatic rings. The summed E-state index contributed by atoms with van der Waals surface area (Å²) in [7, 11) is 0. The molecule has 0 atom stereocenters. The summed E-state index contributed by atoms with van der Waals surface area (Å²) in [5, 5.41) is 10.0. The Bertz CT molecular complexity index is 189. The van der Waals surface area contributed by atoms with E-state index >= 15 is 0 Å². The van der Waals surface area contributed by atoms with Crippen LogP contribution in [0.25, 0.3) is 0 Å². The minimum absolute atomic E-state index is 0.0867. The van der Waals surface area contributed by atoms with Crippen LogP contribution in [0.3, 0.4) is 0 Å². The highest BCUT2D eigenvalue weighted by atomic mass is 16.5. The van der Waals surface area contributed by atoms with Crippen molar-refractivity contribution >= 4 is 11.9 Å². The fraction of sp³-hybridized carbons (Fsp3) is 0.727. The largest absolute Gasteiger partial charge is 0.466 e. The average molecular weight is 214 g/mol. The lowest BCUT2D eigenvalue weighted by atomic mass is 10.2. The van der Waals surface area contributed by atoms with Gasteiger partial charge in [-0.2, -0.15) is 0 Å². The monoisotopic (exact) mass is 214 g/mol. The number of rotatable bonds is 9. The molecule has 0 fully saturated rings. The Labute approximate surface area is 90.6 Å². The molecule has 0 saturated carbocycles. The van der Waals surface area contributed by atoms with Crippen molar-refractivity contribution in [3.05, 3.63) is 6.92 Å². The topological polar surface area (TPSA) is 63.3 Å². The number of carbonyl (C=O) groups excluding carboxylic acids is 2. The molecule has 4 nitrogen and oxygen atoms in total. The predicted molar refractivity (Wildman–Crippen MR) is 54.3 cm³/mol. The van der Waals surface area contributed by atoms with Crippen LogP contribution in [0, 0.1) is 6.92 Å². The zero-order valence-electron chi connectivity index (χ0n) is 9.00. The van der Waals surface area contributed by atoms with Crippen LogP contribution in [0.1, 0.15) is 44.9 Å². The lowest BCUT2D eigenvalue weighted by molar-refractivity contribution is -0.145. The summed E-state index contributed by atoms with van der Waals surface area (Å²) in [6, 6.07) is 0. The van der Waals surface area contributed by atoms with E-state index in [1.54, 1.807) is 0 Å². The number of ether oxygens (including phenoxy) is 1. The zero-order valence-corrected chi connectivity index (χ0v) is 9.00. The molecule has 0 amide bonds. The van der Waals surface area contributed by atoms with Crippen molar-refractivity contribution in [1.29, 1.82) is 0 Å². The lowest BCUT2D eigenvalue weighted by Crippen LogP contribution is -2.06. The Morgan fingerprint density at radius 1 is 1.00 bits per heavy atom. The van der Waals surface area contributed by atoms with Gasteiger partial charge in [-0.15, -0.1) is 0 Å². The standard InChI is InChI=1S/C11H18O4/c1-2-3-4-5-9-15-11(14)8-6-7-10(12)13/h1-9H2. The maximum absolute atomic E-state index is 11.0. The maximum atomic E-state index is 11.0. The third kappa shape index (κ3) is 10.9. The van der Waals surface area contributed by atoms with Gasteiger partial charge in [-0.25, -0.2) is 9.90 Å². The van der Waals surface area contributed by atoms with Crippen LogP contribution >= 0.6 is 0 Å². The minimum atomic E-state index is -1.13. The fourth-order valence-electron chi connectivity index (χ4n) is 1.09. The summed E-state index contributed by atoms with van der Waals surface area (Å²) >= 11 is 0. The second-order valence-electron chi connectivity index (χ2n) is 3.36. The summed E-state index contributed by atoms with van der Waals surface area (Å²) in [5.41, 5.74) is 0. The molecule has 0 N–H and O–H groups in total. The molecule has 0 bridgehead atoms. The van der Waals surface area contributed by atoms with Crippen molar-refractivity contribution in [3.63, 3.8) is 0 Å². The molecule has 0 saturated heterocycles. The van der Waals surface area contributed by atoms with E-state index in [9.17, 15) is 14.7 Å². The van der Waals surface area contributed by atoms with Crippen molar-refractivity contribution in [3.8, 4) is 0 Å². The number of hydrogen-bond donors (Lipinski definition) is 0. The van der Waals surface area contributed by atoms with Crippen molar-refractivity contribution in [2.45, 2.75) is 44.9 Å². The first-order valence-electron chi connectivity index (χ1n) is 5.31. The Morgan fingerprint density at radius 3 is 2.33 bits per heavy atom. The van der Waals surface area contributed by atoms with E-state index in [1.165, 1.54) is 0 Å². The molecule has 0 heterocycles. The van der Waals surface area contributed by atoms with Gasteiger partial charge in [0.1, 0.15) is 0 Å². The zero-order chi connectivity index (χ0) is 11.5. The van der Waals surface area contributed by atoms with E-state index in [4.69, 9.17) is 4.74 Å². The van der Waals surface area contributed by atoms with Crippen LogP contribution < -0.4 is 0 Å². The van der Waals surface area contributed by atoms with Crippen molar-refractivity contribution in [1.82, 2.24) is 0 Å². The summed E-state index contributed by atoms with van der Waals surface area (Å²) in [4.78, 5) is 21.1. The molecule has 0 aromatic rings. The second-order valence-corrected chi connectivity index (χ2v) is 3.36. The van der Waals surface area contributed by atoms with Crippen molar-refractivity contribution in [2.75, 3.05) is 6.61 Å². The number of unbranched alkanes of at least 4 members (excludes halogenated alkanes) is 3. The fourth-order valence-corrected chi connectivity index (χ4v) is 1.09. The molecule has 0 aliphatic carbocycles. The molecular formula is C11H18O4. The number of hydrogen-bond acceptors (Lipinski definition) is 3. The molecule has 0 aromatic heterocycles. The molecule has 15 heavy (non-hydrogen) atoms. The van der Waals surface area contributed by atoms with Crippen LogP contribution in [0.15, 0.2) is 0 Å². The molecular weight excluding hydrogens is 196 g/mol. The molecule has 2 radical (unpaired) electrons. The highest BCUT2D eigenvalue weighted by molar-refractivity contribution is 5.71. The van der Waals surface area contributed by atoms with Crippen LogP contribution in [0.4, 0.5) is 0 Å². The highest BCUT2D eigenvalue weighted by Crippen LogP contribution is 2.01. The molecule has 0 rings (SSSR count). The van der Waals surface area contributed by atoms with Gasteiger partial charge in [0, 0.05) is 6.42 Å². The highest BCUT2D eigenvalue weighted by Gasteiger charge is 2.05. The molecule has 86 valence electrons. The predicted octanol–water partition coefficient (Wildman–Crippen LogP) is 2.05. The van der Waals surface area contributed by atoms with Gasteiger partial charge in [-0.05, 0) is 12.8 Å². The summed E-state index contributed by atoms with van der Waals surface area (Å²) < 4.78 is 4.90. The molecule has 0 spiro atoms. The van der Waals surface area contributed by atoms with Gasteiger partial charge < -0.3 is 4.74 Å². The third-order valence-corrected chi connectivity index (χ3v) is 1.92. The number of carbonyl (C=O) groups is 2. The quantitative estimate of drug-likeness (QED) is 0.436. The van der Waals surface area contributed by atoms with E-state index in [0.717, 1.165) is 25.7 Å². The van der Waals surface area contributed by atoms with Crippen LogP contribution in [0.2, 0.25) is 0 Å². The Morgan fingerprint density at radius 2 is 1.73 bits per heavy atom. The number of esters is 1. The molecule has 0 unspecified atom stereocenters. The first-order chi connectivity index (χ1) is 7.16.